The van der Waals surface area contributed by atoms with Crippen molar-refractivity contribution in [3.05, 3.63) is 28.8 Å². The van der Waals surface area contributed by atoms with Gasteiger partial charge in [-0.3, -0.25) is 4.79 Å². The largest absolute Gasteiger partial charge is 0.478 e. The van der Waals surface area contributed by atoms with Gasteiger partial charge < -0.3 is 20.9 Å². The number of halogens is 1. The first kappa shape index (κ1) is 15.9. The number of rotatable bonds is 5. The van der Waals surface area contributed by atoms with Crippen molar-refractivity contribution in [2.75, 3.05) is 11.9 Å². The van der Waals surface area contributed by atoms with E-state index in [0.717, 1.165) is 0 Å². The van der Waals surface area contributed by atoms with Crippen molar-refractivity contribution in [3.63, 3.8) is 0 Å². The minimum atomic E-state index is -1.53. The molecule has 1 aromatic carbocycles. The summed E-state index contributed by atoms with van der Waals surface area (Å²) in [7, 11) is 0. The fourth-order valence-electron chi connectivity index (χ4n) is 1.35. The molecule has 0 aliphatic heterocycles. The molecular formula is C12H13ClN2O5. The van der Waals surface area contributed by atoms with Crippen molar-refractivity contribution >= 4 is 35.1 Å². The van der Waals surface area contributed by atoms with Crippen molar-refractivity contribution in [2.45, 2.75) is 13.0 Å². The zero-order valence-corrected chi connectivity index (χ0v) is 11.3. The predicted octanol–water partition coefficient (Wildman–Crippen LogP) is 0.867. The lowest BCUT2D eigenvalue weighted by molar-refractivity contribution is -0.146. The molecule has 0 radical (unpaired) electrons. The number of aromatic carboxylic acids is 1. The summed E-state index contributed by atoms with van der Waals surface area (Å²) in [6.45, 7) is 1.66. The van der Waals surface area contributed by atoms with Gasteiger partial charge in [-0.1, -0.05) is 11.6 Å². The van der Waals surface area contributed by atoms with Crippen molar-refractivity contribution in [1.82, 2.24) is 0 Å². The standard InChI is InChI=1S/C12H13ClN2O5/c1-2-20-12(19)9(14)10(16)15-8-4-3-6(13)5-7(8)11(17)18/h3-5,9H,2,14H2,1H3,(H,15,16)(H,17,18). The molecule has 108 valence electrons. The lowest BCUT2D eigenvalue weighted by Crippen LogP contribution is -2.43. The highest BCUT2D eigenvalue weighted by molar-refractivity contribution is 6.31. The van der Waals surface area contributed by atoms with E-state index in [0.29, 0.717) is 0 Å². The van der Waals surface area contributed by atoms with E-state index in [9.17, 15) is 14.4 Å². The van der Waals surface area contributed by atoms with Gasteiger partial charge in [-0.2, -0.15) is 0 Å². The Kier molecular flexibility index (Phi) is 5.48. The number of hydrogen-bond donors (Lipinski definition) is 3. The smallest absolute Gasteiger partial charge is 0.337 e. The molecule has 4 N–H and O–H groups in total. The number of carboxylic acid groups (broad SMARTS) is 1. The van der Waals surface area contributed by atoms with Crippen LogP contribution in [0, 0.1) is 0 Å². The second kappa shape index (κ2) is 6.88. The summed E-state index contributed by atoms with van der Waals surface area (Å²) in [6, 6.07) is 2.35. The highest BCUT2D eigenvalue weighted by atomic mass is 35.5. The average Bonchev–Trinajstić information content (AvgIpc) is 2.39. The van der Waals surface area contributed by atoms with Crippen LogP contribution in [0.2, 0.25) is 5.02 Å². The number of carbonyl (C=O) groups is 3. The Morgan fingerprint density at radius 3 is 2.65 bits per heavy atom. The van der Waals surface area contributed by atoms with Crippen molar-refractivity contribution in [3.8, 4) is 0 Å². The Bertz CT molecular complexity index is 547. The zero-order valence-electron chi connectivity index (χ0n) is 10.6. The van der Waals surface area contributed by atoms with Crippen LogP contribution in [0.25, 0.3) is 0 Å². The van der Waals surface area contributed by atoms with E-state index in [-0.39, 0.29) is 22.9 Å². The molecule has 1 rings (SSSR count). The number of carbonyl (C=O) groups excluding carboxylic acids is 2. The summed E-state index contributed by atoms with van der Waals surface area (Å²) >= 11 is 5.68. The maximum atomic E-state index is 11.7. The molecule has 0 aliphatic carbocycles. The van der Waals surface area contributed by atoms with Crippen LogP contribution in [0.15, 0.2) is 18.2 Å². The summed E-state index contributed by atoms with van der Waals surface area (Å²) in [5, 5.41) is 11.5. The molecule has 0 aromatic heterocycles. The van der Waals surface area contributed by atoms with Gasteiger partial charge in [0.15, 0.2) is 6.04 Å². The number of esters is 1. The average molecular weight is 301 g/mol. The van der Waals surface area contributed by atoms with Crippen LogP contribution in [0.3, 0.4) is 0 Å². The summed E-state index contributed by atoms with van der Waals surface area (Å²) in [6.07, 6.45) is 0. The molecule has 1 amide bonds. The molecule has 0 fully saturated rings. The number of benzene rings is 1. The summed E-state index contributed by atoms with van der Waals surface area (Å²) in [5.41, 5.74) is 5.18. The quantitative estimate of drug-likeness (QED) is 0.548. The molecule has 0 aliphatic rings. The number of amides is 1. The van der Waals surface area contributed by atoms with Crippen molar-refractivity contribution in [1.29, 1.82) is 0 Å². The molecule has 1 atom stereocenters. The highest BCUT2D eigenvalue weighted by Crippen LogP contribution is 2.20. The molecular weight excluding hydrogens is 288 g/mol. The molecule has 0 saturated heterocycles. The van der Waals surface area contributed by atoms with Gasteiger partial charge in [0.05, 0.1) is 17.9 Å². The molecule has 7 nitrogen and oxygen atoms in total. The fraction of sp³-hybridized carbons (Fsp3) is 0.250. The van der Waals surface area contributed by atoms with Crippen LogP contribution in [0.1, 0.15) is 17.3 Å². The monoisotopic (exact) mass is 300 g/mol. The minimum absolute atomic E-state index is 0.00773. The minimum Gasteiger partial charge on any atom is -0.478 e. The summed E-state index contributed by atoms with van der Waals surface area (Å²) < 4.78 is 4.60. The first-order chi connectivity index (χ1) is 9.36. The maximum absolute atomic E-state index is 11.7. The topological polar surface area (TPSA) is 119 Å². The lowest BCUT2D eigenvalue weighted by atomic mass is 10.1. The predicted molar refractivity (Wildman–Crippen MR) is 71.6 cm³/mol. The highest BCUT2D eigenvalue weighted by Gasteiger charge is 2.24. The summed E-state index contributed by atoms with van der Waals surface area (Å²) in [5.74, 6) is -3.03. The number of nitrogens with two attached hydrogens (primary N) is 1. The second-order valence-electron chi connectivity index (χ2n) is 3.71. The SMILES string of the molecule is CCOC(=O)C(N)C(=O)Nc1ccc(Cl)cc1C(=O)O. The Labute approximate surface area is 119 Å². The third-order valence-corrected chi connectivity index (χ3v) is 2.53. The van der Waals surface area contributed by atoms with Gasteiger partial charge in [-0.05, 0) is 25.1 Å². The van der Waals surface area contributed by atoms with Gasteiger partial charge in [-0.15, -0.1) is 0 Å². The van der Waals surface area contributed by atoms with Gasteiger partial charge in [-0.25, -0.2) is 9.59 Å². The van der Waals surface area contributed by atoms with Crippen LogP contribution in [-0.4, -0.2) is 35.6 Å². The fourth-order valence-corrected chi connectivity index (χ4v) is 1.52. The van der Waals surface area contributed by atoms with E-state index >= 15 is 0 Å². The molecule has 0 heterocycles. The zero-order chi connectivity index (χ0) is 15.3. The van der Waals surface area contributed by atoms with Crippen LogP contribution in [0.4, 0.5) is 5.69 Å². The molecule has 20 heavy (non-hydrogen) atoms. The first-order valence-corrected chi connectivity index (χ1v) is 6.00. The third-order valence-electron chi connectivity index (χ3n) is 2.29. The summed E-state index contributed by atoms with van der Waals surface area (Å²) in [4.78, 5) is 34.1. The molecule has 1 unspecified atom stereocenters. The number of nitrogens with one attached hydrogen (secondary N) is 1. The molecule has 8 heteroatoms. The van der Waals surface area contributed by atoms with E-state index < -0.39 is 23.9 Å². The number of hydrogen-bond acceptors (Lipinski definition) is 5. The van der Waals surface area contributed by atoms with Crippen LogP contribution in [-0.2, 0) is 14.3 Å². The van der Waals surface area contributed by atoms with Gasteiger partial charge in [0.1, 0.15) is 0 Å². The second-order valence-corrected chi connectivity index (χ2v) is 4.15. The van der Waals surface area contributed by atoms with E-state index in [4.69, 9.17) is 22.4 Å². The van der Waals surface area contributed by atoms with E-state index in [1.54, 1.807) is 6.92 Å². The first-order valence-electron chi connectivity index (χ1n) is 5.62. The Morgan fingerprint density at radius 1 is 1.45 bits per heavy atom. The molecule has 1 aromatic rings. The third kappa shape index (κ3) is 3.94. The Balaban J connectivity index is 2.91. The van der Waals surface area contributed by atoms with Crippen molar-refractivity contribution in [2.24, 2.45) is 5.73 Å². The van der Waals surface area contributed by atoms with Gasteiger partial charge in [0.25, 0.3) is 5.91 Å². The Morgan fingerprint density at radius 2 is 2.10 bits per heavy atom. The van der Waals surface area contributed by atoms with Crippen LogP contribution < -0.4 is 11.1 Å². The van der Waals surface area contributed by atoms with Crippen molar-refractivity contribution < 1.29 is 24.2 Å². The van der Waals surface area contributed by atoms with E-state index in [2.05, 4.69) is 10.1 Å². The van der Waals surface area contributed by atoms with Gasteiger partial charge in [0.2, 0.25) is 0 Å². The number of anilines is 1. The number of carboxylic acids is 1. The van der Waals surface area contributed by atoms with Crippen LogP contribution >= 0.6 is 11.6 Å². The van der Waals surface area contributed by atoms with E-state index in [1.807, 2.05) is 0 Å². The normalized spacial score (nSPS) is 11.6. The van der Waals surface area contributed by atoms with Gasteiger partial charge >= 0.3 is 11.9 Å². The lowest BCUT2D eigenvalue weighted by Gasteiger charge is -2.12. The molecule has 0 spiro atoms. The molecule has 0 bridgehead atoms. The Hall–Kier alpha value is -2.12. The maximum Gasteiger partial charge on any atom is 0.337 e. The van der Waals surface area contributed by atoms with Gasteiger partial charge in [0, 0.05) is 5.02 Å². The molecule has 0 saturated carbocycles. The van der Waals surface area contributed by atoms with Crippen LogP contribution in [0.5, 0.6) is 0 Å². The number of ether oxygens (including phenoxy) is 1. The van der Waals surface area contributed by atoms with E-state index in [1.165, 1.54) is 18.2 Å².